The van der Waals surface area contributed by atoms with Crippen molar-refractivity contribution >= 4 is 17.3 Å². The standard InChI is InChI=1S/C18H26N2O2S/c1-20(11-13-5-7-16(21-2)17(10-13)22-3)18(23)19-15-9-12-4-6-14(15)8-12/h5,7,10,12,14-15H,4,6,8-9,11H2,1-3H3,(H,19,23)/t12-,14-,15-/m0/s1. The van der Waals surface area contributed by atoms with Gasteiger partial charge in [0.2, 0.25) is 0 Å². The Morgan fingerprint density at radius 3 is 2.61 bits per heavy atom. The number of thiocarbonyl (C=S) groups is 1. The van der Waals surface area contributed by atoms with Crippen LogP contribution in [0.2, 0.25) is 0 Å². The minimum absolute atomic E-state index is 0.578. The first-order valence-electron chi connectivity index (χ1n) is 8.33. The lowest BCUT2D eigenvalue weighted by molar-refractivity contribution is 0.353. The van der Waals surface area contributed by atoms with Gasteiger partial charge < -0.3 is 19.7 Å². The third-order valence-electron chi connectivity index (χ3n) is 5.26. The van der Waals surface area contributed by atoms with Crippen molar-refractivity contribution in [1.82, 2.24) is 10.2 Å². The van der Waals surface area contributed by atoms with Crippen LogP contribution in [0.1, 0.15) is 31.2 Å². The van der Waals surface area contributed by atoms with Crippen molar-refractivity contribution in [2.45, 2.75) is 38.3 Å². The van der Waals surface area contributed by atoms with E-state index in [1.54, 1.807) is 14.2 Å². The molecule has 4 nitrogen and oxygen atoms in total. The van der Waals surface area contributed by atoms with Crippen molar-refractivity contribution in [2.24, 2.45) is 11.8 Å². The third-order valence-corrected chi connectivity index (χ3v) is 5.69. The van der Waals surface area contributed by atoms with Crippen molar-refractivity contribution in [3.05, 3.63) is 23.8 Å². The molecular formula is C18H26N2O2S. The maximum absolute atomic E-state index is 5.60. The summed E-state index contributed by atoms with van der Waals surface area (Å²) in [5.74, 6) is 3.26. The quantitative estimate of drug-likeness (QED) is 0.837. The highest BCUT2D eigenvalue weighted by Gasteiger charge is 2.39. The number of benzene rings is 1. The zero-order valence-electron chi connectivity index (χ0n) is 14.2. The molecule has 0 saturated heterocycles. The summed E-state index contributed by atoms with van der Waals surface area (Å²) in [4.78, 5) is 2.10. The molecule has 1 N–H and O–H groups in total. The summed E-state index contributed by atoms with van der Waals surface area (Å²) in [7, 11) is 5.35. The largest absolute Gasteiger partial charge is 0.493 e. The zero-order chi connectivity index (χ0) is 16.4. The molecule has 2 aliphatic rings. The Balaban J connectivity index is 1.58. The molecule has 1 aromatic rings. The van der Waals surface area contributed by atoms with Crippen LogP contribution in [-0.4, -0.2) is 37.3 Å². The lowest BCUT2D eigenvalue weighted by Crippen LogP contribution is -2.44. The van der Waals surface area contributed by atoms with Crippen molar-refractivity contribution in [2.75, 3.05) is 21.3 Å². The second-order valence-corrected chi connectivity index (χ2v) is 7.16. The van der Waals surface area contributed by atoms with Gasteiger partial charge in [-0.2, -0.15) is 0 Å². The maximum atomic E-state index is 5.60. The molecular weight excluding hydrogens is 308 g/mol. The Bertz CT molecular complexity index is 578. The fourth-order valence-corrected chi connectivity index (χ4v) is 4.23. The summed E-state index contributed by atoms with van der Waals surface area (Å²) in [5, 5.41) is 4.43. The lowest BCUT2D eigenvalue weighted by atomic mass is 9.95. The van der Waals surface area contributed by atoms with Crippen LogP contribution >= 0.6 is 12.2 Å². The Morgan fingerprint density at radius 2 is 2.00 bits per heavy atom. The van der Waals surface area contributed by atoms with E-state index >= 15 is 0 Å². The summed E-state index contributed by atoms with van der Waals surface area (Å²) in [6, 6.07) is 6.58. The first-order valence-corrected chi connectivity index (χ1v) is 8.74. The molecule has 0 spiro atoms. The van der Waals surface area contributed by atoms with Gasteiger partial charge in [0.15, 0.2) is 16.6 Å². The van der Waals surface area contributed by atoms with E-state index in [1.165, 1.54) is 25.7 Å². The predicted octanol–water partition coefficient (Wildman–Crippen LogP) is 3.20. The smallest absolute Gasteiger partial charge is 0.169 e. The highest BCUT2D eigenvalue weighted by molar-refractivity contribution is 7.80. The lowest BCUT2D eigenvalue weighted by Gasteiger charge is -2.28. The number of nitrogens with zero attached hydrogens (tertiary/aromatic N) is 1. The van der Waals surface area contributed by atoms with Crippen LogP contribution in [-0.2, 0) is 6.54 Å². The topological polar surface area (TPSA) is 33.7 Å². The van der Waals surface area contributed by atoms with Crippen LogP contribution in [0, 0.1) is 11.8 Å². The average Bonchev–Trinajstić information content (AvgIpc) is 3.17. The molecule has 23 heavy (non-hydrogen) atoms. The normalized spacial score (nSPS) is 25.3. The highest BCUT2D eigenvalue weighted by atomic mass is 32.1. The molecule has 0 heterocycles. The van der Waals surface area contributed by atoms with E-state index in [2.05, 4.69) is 16.3 Å². The Hall–Kier alpha value is -1.49. The minimum atomic E-state index is 0.578. The van der Waals surface area contributed by atoms with Gasteiger partial charge in [-0.05, 0) is 61.0 Å². The molecule has 126 valence electrons. The summed E-state index contributed by atoms with van der Waals surface area (Å²) in [5.41, 5.74) is 1.15. The Kier molecular flexibility index (Phi) is 4.95. The molecule has 0 aliphatic heterocycles. The average molecular weight is 334 g/mol. The van der Waals surface area contributed by atoms with Crippen molar-refractivity contribution in [1.29, 1.82) is 0 Å². The predicted molar refractivity (Wildman–Crippen MR) is 96.0 cm³/mol. The number of hydrogen-bond acceptors (Lipinski definition) is 3. The van der Waals surface area contributed by atoms with Gasteiger partial charge >= 0.3 is 0 Å². The van der Waals surface area contributed by atoms with Gasteiger partial charge in [0.05, 0.1) is 14.2 Å². The molecule has 0 radical (unpaired) electrons. The molecule has 0 aromatic heterocycles. The van der Waals surface area contributed by atoms with E-state index in [0.717, 1.165) is 40.6 Å². The van der Waals surface area contributed by atoms with E-state index in [1.807, 2.05) is 19.2 Å². The number of ether oxygens (including phenoxy) is 2. The number of rotatable bonds is 5. The maximum Gasteiger partial charge on any atom is 0.169 e. The van der Waals surface area contributed by atoms with Crippen LogP contribution in [0.15, 0.2) is 18.2 Å². The van der Waals surface area contributed by atoms with Crippen molar-refractivity contribution in [3.8, 4) is 11.5 Å². The van der Waals surface area contributed by atoms with Gasteiger partial charge in [0, 0.05) is 19.6 Å². The van der Waals surface area contributed by atoms with E-state index in [-0.39, 0.29) is 0 Å². The van der Waals surface area contributed by atoms with E-state index in [0.29, 0.717) is 6.04 Å². The summed E-state index contributed by atoms with van der Waals surface area (Å²) < 4.78 is 10.7. The molecule has 5 heteroatoms. The van der Waals surface area contributed by atoms with Gasteiger partial charge in [-0.15, -0.1) is 0 Å². The molecule has 3 rings (SSSR count). The summed E-state index contributed by atoms with van der Waals surface area (Å²) in [6.45, 7) is 0.757. The second-order valence-electron chi connectivity index (χ2n) is 6.78. The van der Waals surface area contributed by atoms with E-state index < -0.39 is 0 Å². The molecule has 2 fully saturated rings. The number of nitrogens with one attached hydrogen (secondary N) is 1. The second kappa shape index (κ2) is 6.95. The fraction of sp³-hybridized carbons (Fsp3) is 0.611. The van der Waals surface area contributed by atoms with Crippen LogP contribution < -0.4 is 14.8 Å². The number of hydrogen-bond donors (Lipinski definition) is 1. The van der Waals surface area contributed by atoms with E-state index in [4.69, 9.17) is 21.7 Å². The van der Waals surface area contributed by atoms with Gasteiger partial charge in [-0.25, -0.2) is 0 Å². The highest BCUT2D eigenvalue weighted by Crippen LogP contribution is 2.44. The molecule has 1 aromatic carbocycles. The first-order chi connectivity index (χ1) is 11.1. The number of methoxy groups -OCH3 is 2. The van der Waals surface area contributed by atoms with Crippen molar-refractivity contribution in [3.63, 3.8) is 0 Å². The minimum Gasteiger partial charge on any atom is -0.493 e. The molecule has 2 bridgehead atoms. The van der Waals surface area contributed by atoms with Gasteiger partial charge in [-0.3, -0.25) is 0 Å². The molecule has 2 aliphatic carbocycles. The summed E-state index contributed by atoms with van der Waals surface area (Å²) >= 11 is 5.60. The first kappa shape index (κ1) is 16.4. The number of fused-ring (bicyclic) bond motifs is 2. The van der Waals surface area contributed by atoms with Crippen LogP contribution in [0.3, 0.4) is 0 Å². The molecule has 2 saturated carbocycles. The molecule has 3 atom stereocenters. The Labute approximate surface area is 144 Å². The molecule has 0 amide bonds. The van der Waals surface area contributed by atoms with Crippen LogP contribution in [0.25, 0.3) is 0 Å². The third kappa shape index (κ3) is 3.55. The van der Waals surface area contributed by atoms with Crippen LogP contribution in [0.4, 0.5) is 0 Å². The fourth-order valence-electron chi connectivity index (χ4n) is 4.01. The van der Waals surface area contributed by atoms with Crippen molar-refractivity contribution < 1.29 is 9.47 Å². The van der Waals surface area contributed by atoms with E-state index in [9.17, 15) is 0 Å². The monoisotopic (exact) mass is 334 g/mol. The SMILES string of the molecule is COc1ccc(CN(C)C(=S)N[C@H]2C[C@H]3CC[C@H]2C3)cc1OC. The van der Waals surface area contributed by atoms with Gasteiger partial charge in [0.1, 0.15) is 0 Å². The van der Waals surface area contributed by atoms with Crippen LogP contribution in [0.5, 0.6) is 11.5 Å². The zero-order valence-corrected chi connectivity index (χ0v) is 15.0. The van der Waals surface area contributed by atoms with Gasteiger partial charge in [-0.1, -0.05) is 12.5 Å². The molecule has 0 unspecified atom stereocenters. The van der Waals surface area contributed by atoms with Gasteiger partial charge in [0.25, 0.3) is 0 Å². The summed E-state index contributed by atoms with van der Waals surface area (Å²) in [6.07, 6.45) is 5.45. The Morgan fingerprint density at radius 1 is 1.22 bits per heavy atom.